The van der Waals surface area contributed by atoms with Gasteiger partial charge in [-0.25, -0.2) is 4.79 Å². The highest BCUT2D eigenvalue weighted by Crippen LogP contribution is 2.47. The molecule has 4 heteroatoms. The number of ether oxygens (including phenoxy) is 1. The lowest BCUT2D eigenvalue weighted by Crippen LogP contribution is -2.37. The van der Waals surface area contributed by atoms with Crippen LogP contribution in [0.15, 0.2) is 95.3 Å². The second-order valence-electron chi connectivity index (χ2n) is 10.7. The number of hydrogen-bond acceptors (Lipinski definition) is 4. The maximum Gasteiger partial charge on any atom is 0.337 e. The lowest BCUT2D eigenvalue weighted by atomic mass is 9.71. The van der Waals surface area contributed by atoms with Crippen LogP contribution >= 0.6 is 0 Å². The van der Waals surface area contributed by atoms with Gasteiger partial charge in [0.15, 0.2) is 5.78 Å². The van der Waals surface area contributed by atoms with Crippen LogP contribution in [0.25, 0.3) is 10.8 Å². The molecule has 2 atom stereocenters. The van der Waals surface area contributed by atoms with Gasteiger partial charge in [-0.1, -0.05) is 79.2 Å². The predicted octanol–water partition coefficient (Wildman–Crippen LogP) is 7.08. The van der Waals surface area contributed by atoms with Gasteiger partial charge in [-0.3, -0.25) is 4.79 Å². The molecule has 6 rings (SSSR count). The topological polar surface area (TPSA) is 55.4 Å². The van der Waals surface area contributed by atoms with Crippen LogP contribution in [0.3, 0.4) is 0 Å². The number of rotatable bonds is 4. The van der Waals surface area contributed by atoms with Crippen molar-refractivity contribution in [2.75, 3.05) is 0 Å². The first-order chi connectivity index (χ1) is 18.1. The molecule has 37 heavy (non-hydrogen) atoms. The molecular formula is C33H33NO3. The number of Topliss-reactive ketones (excluding diaryl/α,β-unsaturated/α-hetero) is 1. The normalized spacial score (nSPS) is 22.6. The second-order valence-corrected chi connectivity index (χ2v) is 10.7. The quantitative estimate of drug-likeness (QED) is 0.396. The number of fused-ring (bicyclic) bond motifs is 1. The third-order valence-electron chi connectivity index (χ3n) is 8.28. The molecule has 188 valence electrons. The molecule has 0 bridgehead atoms. The monoisotopic (exact) mass is 491 g/mol. The van der Waals surface area contributed by atoms with E-state index in [9.17, 15) is 9.59 Å². The van der Waals surface area contributed by atoms with Crippen molar-refractivity contribution >= 4 is 22.5 Å². The number of carbonyl (C=O) groups is 2. The molecule has 1 aliphatic heterocycles. The summed E-state index contributed by atoms with van der Waals surface area (Å²) in [4.78, 5) is 27.7. The number of dihydropyridines is 1. The van der Waals surface area contributed by atoms with E-state index in [1.165, 1.54) is 12.0 Å². The largest absolute Gasteiger partial charge is 0.459 e. The first-order valence-corrected chi connectivity index (χ1v) is 13.6. The Labute approximate surface area is 218 Å². The zero-order valence-corrected chi connectivity index (χ0v) is 21.3. The second kappa shape index (κ2) is 10.0. The molecule has 1 heterocycles. The zero-order valence-electron chi connectivity index (χ0n) is 21.3. The summed E-state index contributed by atoms with van der Waals surface area (Å²) in [6.45, 7) is 1.95. The fourth-order valence-electron chi connectivity index (χ4n) is 6.48. The molecule has 3 aromatic rings. The number of allylic oxidation sites excluding steroid dienone is 3. The summed E-state index contributed by atoms with van der Waals surface area (Å²) >= 11 is 0. The minimum Gasteiger partial charge on any atom is -0.459 e. The van der Waals surface area contributed by atoms with Crippen molar-refractivity contribution in [1.29, 1.82) is 0 Å². The highest BCUT2D eigenvalue weighted by Gasteiger charge is 2.42. The Balaban J connectivity index is 1.45. The van der Waals surface area contributed by atoms with Gasteiger partial charge in [-0.05, 0) is 66.8 Å². The molecule has 0 radical (unpaired) electrons. The van der Waals surface area contributed by atoms with Crippen molar-refractivity contribution in [3.8, 4) is 0 Å². The fourth-order valence-corrected chi connectivity index (χ4v) is 6.48. The number of hydrogen-bond donors (Lipinski definition) is 1. The van der Waals surface area contributed by atoms with Crippen LogP contribution in [0.2, 0.25) is 0 Å². The van der Waals surface area contributed by atoms with Crippen molar-refractivity contribution in [3.63, 3.8) is 0 Å². The maximum absolute atomic E-state index is 13.9. The molecule has 4 nitrogen and oxygen atoms in total. The van der Waals surface area contributed by atoms with Crippen LogP contribution in [-0.2, 0) is 14.3 Å². The van der Waals surface area contributed by atoms with E-state index in [0.29, 0.717) is 12.0 Å². The molecule has 3 aromatic carbocycles. The molecule has 0 amide bonds. The summed E-state index contributed by atoms with van der Waals surface area (Å²) < 4.78 is 6.10. The highest BCUT2D eigenvalue weighted by atomic mass is 16.5. The van der Waals surface area contributed by atoms with Gasteiger partial charge in [0, 0.05) is 29.3 Å². The smallest absolute Gasteiger partial charge is 0.337 e. The number of esters is 1. The Kier molecular flexibility index (Phi) is 6.42. The maximum atomic E-state index is 13.9. The third-order valence-corrected chi connectivity index (χ3v) is 8.28. The highest BCUT2D eigenvalue weighted by molar-refractivity contribution is 6.05. The molecule has 2 aliphatic carbocycles. The van der Waals surface area contributed by atoms with Crippen molar-refractivity contribution in [2.24, 2.45) is 0 Å². The summed E-state index contributed by atoms with van der Waals surface area (Å²) in [7, 11) is 0. The summed E-state index contributed by atoms with van der Waals surface area (Å²) in [5, 5.41) is 5.67. The van der Waals surface area contributed by atoms with E-state index in [-0.39, 0.29) is 23.8 Å². The molecular weight excluding hydrogens is 458 g/mol. The van der Waals surface area contributed by atoms with Crippen LogP contribution in [-0.4, -0.2) is 17.9 Å². The Bertz CT molecular complexity index is 1410. The SMILES string of the molecule is CC1=C(C(=O)OC2CCCCC2)[C@@H](c2cccc3ccccc23)C2=C(C[C@@H](c3ccccc3)CC2=O)N1. The van der Waals surface area contributed by atoms with E-state index in [2.05, 4.69) is 41.7 Å². The van der Waals surface area contributed by atoms with Crippen LogP contribution < -0.4 is 5.32 Å². The van der Waals surface area contributed by atoms with Gasteiger partial charge in [0.25, 0.3) is 0 Å². The molecule has 1 fully saturated rings. The standard InChI is InChI=1S/C33H33NO3/c1-21-30(33(36)37-25-15-6-3-7-16-25)31(27-18-10-14-23-13-8-9-17-26(23)27)32-28(34-21)19-24(20-29(32)35)22-11-4-2-5-12-22/h2,4-5,8-14,17-18,24-25,31,34H,3,6-7,15-16,19-20H2,1H3/t24-,31-/m1/s1. The average Bonchev–Trinajstić information content (AvgIpc) is 2.93. The van der Waals surface area contributed by atoms with Crippen LogP contribution in [0.1, 0.15) is 74.8 Å². The minimum absolute atomic E-state index is 0.0467. The summed E-state index contributed by atoms with van der Waals surface area (Å²) in [5.41, 5.74) is 5.20. The van der Waals surface area contributed by atoms with Crippen LogP contribution in [0.4, 0.5) is 0 Å². The first kappa shape index (κ1) is 23.7. The van der Waals surface area contributed by atoms with Gasteiger partial charge in [-0.2, -0.15) is 0 Å². The van der Waals surface area contributed by atoms with Gasteiger partial charge in [0.05, 0.1) is 5.57 Å². The lowest BCUT2D eigenvalue weighted by Gasteiger charge is -2.37. The number of carbonyl (C=O) groups excluding carboxylic acids is 2. The van der Waals surface area contributed by atoms with Gasteiger partial charge < -0.3 is 10.1 Å². The molecule has 1 saturated carbocycles. The van der Waals surface area contributed by atoms with Crippen molar-refractivity contribution in [2.45, 2.75) is 69.8 Å². The number of ketones is 1. The van der Waals surface area contributed by atoms with E-state index in [1.54, 1.807) is 0 Å². The Morgan fingerprint density at radius 1 is 0.865 bits per heavy atom. The van der Waals surface area contributed by atoms with Crippen LogP contribution in [0, 0.1) is 0 Å². The van der Waals surface area contributed by atoms with Crippen molar-refractivity contribution in [1.82, 2.24) is 5.32 Å². The van der Waals surface area contributed by atoms with E-state index < -0.39 is 5.92 Å². The van der Waals surface area contributed by atoms with Crippen molar-refractivity contribution < 1.29 is 14.3 Å². The summed E-state index contributed by atoms with van der Waals surface area (Å²) in [6, 6.07) is 24.7. The average molecular weight is 492 g/mol. The fraction of sp³-hybridized carbons (Fsp3) is 0.333. The van der Waals surface area contributed by atoms with Gasteiger partial charge in [0.1, 0.15) is 6.10 Å². The molecule has 3 aliphatic rings. The van der Waals surface area contributed by atoms with E-state index >= 15 is 0 Å². The molecule has 0 unspecified atom stereocenters. The van der Waals surface area contributed by atoms with Gasteiger partial charge in [0.2, 0.25) is 0 Å². The molecule has 0 aromatic heterocycles. The lowest BCUT2D eigenvalue weighted by molar-refractivity contribution is -0.146. The molecule has 0 saturated heterocycles. The van der Waals surface area contributed by atoms with Crippen LogP contribution in [0.5, 0.6) is 0 Å². The van der Waals surface area contributed by atoms with E-state index in [1.807, 2.05) is 43.3 Å². The Hall–Kier alpha value is -3.66. The van der Waals surface area contributed by atoms with Crippen molar-refractivity contribution in [3.05, 3.63) is 106 Å². The Morgan fingerprint density at radius 3 is 2.41 bits per heavy atom. The number of benzene rings is 3. The summed E-state index contributed by atoms with van der Waals surface area (Å²) in [5.74, 6) is -0.505. The first-order valence-electron chi connectivity index (χ1n) is 13.6. The van der Waals surface area contributed by atoms with Gasteiger partial charge >= 0.3 is 5.97 Å². The van der Waals surface area contributed by atoms with E-state index in [4.69, 9.17) is 4.74 Å². The van der Waals surface area contributed by atoms with Gasteiger partial charge in [-0.15, -0.1) is 0 Å². The molecule has 1 N–H and O–H groups in total. The molecule has 0 spiro atoms. The predicted molar refractivity (Wildman–Crippen MR) is 146 cm³/mol. The Morgan fingerprint density at radius 2 is 1.59 bits per heavy atom. The minimum atomic E-state index is -0.442. The summed E-state index contributed by atoms with van der Waals surface area (Å²) in [6.07, 6.45) is 6.35. The van der Waals surface area contributed by atoms with E-state index in [0.717, 1.165) is 65.4 Å². The third kappa shape index (κ3) is 4.50. The number of nitrogens with one attached hydrogen (secondary N) is 1. The zero-order chi connectivity index (χ0) is 25.4.